The molecule has 0 bridgehead atoms. The highest BCUT2D eigenvalue weighted by atomic mass is 35.5. The number of halogens is 1. The standard InChI is InChI=1S/C18H12ClNO2S/c19-14-5-3-13(4-6-14)15-10-23-18(20-15)8-2-12-1-7-16-17(9-12)22-11-21-16/h1-10H,11H2. The first-order chi connectivity index (χ1) is 11.3. The molecule has 0 radical (unpaired) electrons. The minimum atomic E-state index is 0.291. The second-order valence-electron chi connectivity index (χ2n) is 5.02. The molecule has 0 fully saturated rings. The lowest BCUT2D eigenvalue weighted by Crippen LogP contribution is -1.92. The van der Waals surface area contributed by atoms with E-state index in [0.29, 0.717) is 6.79 Å². The van der Waals surface area contributed by atoms with Crippen molar-refractivity contribution in [1.82, 2.24) is 4.98 Å². The van der Waals surface area contributed by atoms with E-state index in [1.807, 2.05) is 60.0 Å². The third kappa shape index (κ3) is 3.09. The van der Waals surface area contributed by atoms with Crippen LogP contribution in [-0.2, 0) is 0 Å². The van der Waals surface area contributed by atoms with Crippen molar-refractivity contribution in [3.8, 4) is 22.8 Å². The van der Waals surface area contributed by atoms with Gasteiger partial charge in [0.15, 0.2) is 11.5 Å². The molecule has 0 aliphatic carbocycles. The van der Waals surface area contributed by atoms with Crippen LogP contribution in [0.3, 0.4) is 0 Å². The second-order valence-corrected chi connectivity index (χ2v) is 6.35. The number of hydrogen-bond donors (Lipinski definition) is 0. The second kappa shape index (κ2) is 6.07. The molecule has 0 saturated heterocycles. The molecule has 2 aromatic carbocycles. The van der Waals surface area contributed by atoms with Gasteiger partial charge in [-0.15, -0.1) is 11.3 Å². The Morgan fingerprint density at radius 2 is 1.83 bits per heavy atom. The van der Waals surface area contributed by atoms with Crippen molar-refractivity contribution < 1.29 is 9.47 Å². The van der Waals surface area contributed by atoms with Crippen LogP contribution in [0.25, 0.3) is 23.4 Å². The number of benzene rings is 2. The van der Waals surface area contributed by atoms with Crippen LogP contribution in [0, 0.1) is 0 Å². The molecule has 0 N–H and O–H groups in total. The smallest absolute Gasteiger partial charge is 0.231 e. The lowest BCUT2D eigenvalue weighted by Gasteiger charge is -1.97. The first-order valence-electron chi connectivity index (χ1n) is 7.07. The minimum absolute atomic E-state index is 0.291. The van der Waals surface area contributed by atoms with Crippen LogP contribution in [0.5, 0.6) is 11.5 Å². The van der Waals surface area contributed by atoms with Crippen LogP contribution in [0.2, 0.25) is 5.02 Å². The molecule has 1 aromatic heterocycles. The predicted molar refractivity (Wildman–Crippen MR) is 94.1 cm³/mol. The Morgan fingerprint density at radius 1 is 1.00 bits per heavy atom. The zero-order valence-corrected chi connectivity index (χ0v) is 13.6. The molecular weight excluding hydrogens is 330 g/mol. The molecule has 0 unspecified atom stereocenters. The molecule has 1 aliphatic rings. The van der Waals surface area contributed by atoms with E-state index in [0.717, 1.165) is 38.4 Å². The quantitative estimate of drug-likeness (QED) is 0.642. The number of ether oxygens (including phenoxy) is 2. The largest absolute Gasteiger partial charge is 0.454 e. The van der Waals surface area contributed by atoms with Gasteiger partial charge in [-0.3, -0.25) is 0 Å². The van der Waals surface area contributed by atoms with E-state index in [4.69, 9.17) is 21.1 Å². The summed E-state index contributed by atoms with van der Waals surface area (Å²) in [6.45, 7) is 0.291. The van der Waals surface area contributed by atoms with E-state index in [9.17, 15) is 0 Å². The summed E-state index contributed by atoms with van der Waals surface area (Å²) in [5.41, 5.74) is 3.07. The summed E-state index contributed by atoms with van der Waals surface area (Å²) >= 11 is 7.52. The Hall–Kier alpha value is -2.30. The van der Waals surface area contributed by atoms with Gasteiger partial charge in [-0.25, -0.2) is 4.98 Å². The highest BCUT2D eigenvalue weighted by Gasteiger charge is 2.12. The van der Waals surface area contributed by atoms with Gasteiger partial charge >= 0.3 is 0 Å². The average molecular weight is 342 g/mol. The molecule has 4 rings (SSSR count). The lowest BCUT2D eigenvalue weighted by molar-refractivity contribution is 0.174. The molecule has 0 atom stereocenters. The molecule has 0 spiro atoms. The lowest BCUT2D eigenvalue weighted by atomic mass is 10.2. The Kier molecular flexibility index (Phi) is 3.77. The molecule has 3 aromatic rings. The van der Waals surface area contributed by atoms with Gasteiger partial charge in [-0.05, 0) is 35.9 Å². The molecule has 23 heavy (non-hydrogen) atoms. The van der Waals surface area contributed by atoms with Crippen LogP contribution in [-0.4, -0.2) is 11.8 Å². The van der Waals surface area contributed by atoms with Gasteiger partial charge in [0.25, 0.3) is 0 Å². The normalized spacial score (nSPS) is 12.9. The minimum Gasteiger partial charge on any atom is -0.454 e. The van der Waals surface area contributed by atoms with Gasteiger partial charge < -0.3 is 9.47 Å². The fraction of sp³-hybridized carbons (Fsp3) is 0.0556. The van der Waals surface area contributed by atoms with Crippen LogP contribution in [0.1, 0.15) is 10.6 Å². The fourth-order valence-electron chi connectivity index (χ4n) is 2.30. The van der Waals surface area contributed by atoms with Crippen molar-refractivity contribution in [2.24, 2.45) is 0 Å². The van der Waals surface area contributed by atoms with Crippen molar-refractivity contribution in [3.63, 3.8) is 0 Å². The van der Waals surface area contributed by atoms with Gasteiger partial charge in [-0.1, -0.05) is 35.9 Å². The van der Waals surface area contributed by atoms with Crippen molar-refractivity contribution in [2.45, 2.75) is 0 Å². The number of rotatable bonds is 3. The fourth-order valence-corrected chi connectivity index (χ4v) is 3.15. The summed E-state index contributed by atoms with van der Waals surface area (Å²) in [7, 11) is 0. The summed E-state index contributed by atoms with van der Waals surface area (Å²) in [5.74, 6) is 1.58. The van der Waals surface area contributed by atoms with E-state index in [1.165, 1.54) is 0 Å². The maximum Gasteiger partial charge on any atom is 0.231 e. The number of nitrogens with zero attached hydrogens (tertiary/aromatic N) is 1. The van der Waals surface area contributed by atoms with Crippen molar-refractivity contribution in [1.29, 1.82) is 0 Å². The summed E-state index contributed by atoms with van der Waals surface area (Å²) < 4.78 is 10.7. The van der Waals surface area contributed by atoms with Gasteiger partial charge in [0.05, 0.1) is 5.69 Å². The summed E-state index contributed by atoms with van der Waals surface area (Å²) in [6.07, 6.45) is 4.02. The van der Waals surface area contributed by atoms with Gasteiger partial charge in [0, 0.05) is 16.0 Å². The first kappa shape index (κ1) is 14.3. The highest BCUT2D eigenvalue weighted by molar-refractivity contribution is 7.10. The zero-order valence-electron chi connectivity index (χ0n) is 12.0. The van der Waals surface area contributed by atoms with Crippen molar-refractivity contribution in [2.75, 3.05) is 6.79 Å². The third-order valence-electron chi connectivity index (χ3n) is 3.48. The molecule has 2 heterocycles. The average Bonchev–Trinajstić information content (AvgIpc) is 3.22. The Morgan fingerprint density at radius 3 is 2.70 bits per heavy atom. The summed E-state index contributed by atoms with van der Waals surface area (Å²) in [5, 5.41) is 3.72. The maximum absolute atomic E-state index is 5.91. The van der Waals surface area contributed by atoms with Crippen LogP contribution < -0.4 is 9.47 Å². The number of hydrogen-bond acceptors (Lipinski definition) is 4. The summed E-state index contributed by atoms with van der Waals surface area (Å²) in [6, 6.07) is 13.6. The number of thiazole rings is 1. The molecule has 3 nitrogen and oxygen atoms in total. The topological polar surface area (TPSA) is 31.4 Å². The zero-order chi connectivity index (χ0) is 15.6. The van der Waals surface area contributed by atoms with E-state index in [-0.39, 0.29) is 0 Å². The van der Waals surface area contributed by atoms with Crippen molar-refractivity contribution >= 4 is 35.1 Å². The van der Waals surface area contributed by atoms with Crippen molar-refractivity contribution in [3.05, 3.63) is 63.4 Å². The van der Waals surface area contributed by atoms with E-state index in [2.05, 4.69) is 4.98 Å². The summed E-state index contributed by atoms with van der Waals surface area (Å²) in [4.78, 5) is 4.63. The van der Waals surface area contributed by atoms with E-state index >= 15 is 0 Å². The van der Waals surface area contributed by atoms with Crippen LogP contribution >= 0.6 is 22.9 Å². The number of aromatic nitrogens is 1. The Balaban J connectivity index is 1.54. The van der Waals surface area contributed by atoms with Crippen LogP contribution in [0.4, 0.5) is 0 Å². The molecular formula is C18H12ClNO2S. The van der Waals surface area contributed by atoms with E-state index < -0.39 is 0 Å². The van der Waals surface area contributed by atoms with Gasteiger partial charge in [-0.2, -0.15) is 0 Å². The van der Waals surface area contributed by atoms with Crippen LogP contribution in [0.15, 0.2) is 47.8 Å². The third-order valence-corrected chi connectivity index (χ3v) is 4.54. The highest BCUT2D eigenvalue weighted by Crippen LogP contribution is 2.33. The maximum atomic E-state index is 5.91. The molecule has 5 heteroatoms. The van der Waals surface area contributed by atoms with Gasteiger partial charge in [0.2, 0.25) is 6.79 Å². The molecule has 0 saturated carbocycles. The molecule has 114 valence electrons. The molecule has 1 aliphatic heterocycles. The monoisotopic (exact) mass is 341 g/mol. The Bertz CT molecular complexity index is 871. The van der Waals surface area contributed by atoms with Gasteiger partial charge in [0.1, 0.15) is 5.01 Å². The SMILES string of the molecule is Clc1ccc(-c2csc(C=Cc3ccc4c(c3)OCO4)n2)cc1. The first-order valence-corrected chi connectivity index (χ1v) is 8.33. The van der Waals surface area contributed by atoms with E-state index in [1.54, 1.807) is 11.3 Å². The molecule has 0 amide bonds. The predicted octanol–water partition coefficient (Wildman–Crippen LogP) is 5.36. The number of fused-ring (bicyclic) bond motifs is 1. The Labute approximate surface area is 142 Å².